The van der Waals surface area contributed by atoms with Crippen LogP contribution in [0.5, 0.6) is 0 Å². The third-order valence-electron chi connectivity index (χ3n) is 4.49. The molecule has 2 rings (SSSR count). The molecule has 1 aromatic heterocycles. The first-order valence-electron chi connectivity index (χ1n) is 7.83. The molecule has 1 aliphatic rings. The van der Waals surface area contributed by atoms with E-state index in [0.29, 0.717) is 36.1 Å². The molecular formula is C15H26N2O3S. The highest BCUT2D eigenvalue weighted by Gasteiger charge is 2.28. The fourth-order valence-corrected chi connectivity index (χ4v) is 4.59. The smallest absolute Gasteiger partial charge is 0.244 e. The fourth-order valence-electron chi connectivity index (χ4n) is 3.03. The Hall–Kier alpha value is -0.850. The predicted molar refractivity (Wildman–Crippen MR) is 82.4 cm³/mol. The van der Waals surface area contributed by atoms with Gasteiger partial charge in [0.25, 0.3) is 0 Å². The summed E-state index contributed by atoms with van der Waals surface area (Å²) >= 11 is 0. The van der Waals surface area contributed by atoms with Gasteiger partial charge in [0.15, 0.2) is 0 Å². The summed E-state index contributed by atoms with van der Waals surface area (Å²) < 4.78 is 28.9. The molecule has 0 spiro atoms. The number of aromatic nitrogens is 1. The van der Waals surface area contributed by atoms with Gasteiger partial charge in [-0.3, -0.25) is 0 Å². The van der Waals surface area contributed by atoms with Gasteiger partial charge in [0, 0.05) is 31.5 Å². The molecule has 1 fully saturated rings. The number of nitrogens with zero attached hydrogens (tertiary/aromatic N) is 2. The Morgan fingerprint density at radius 3 is 2.62 bits per heavy atom. The number of aliphatic hydroxyl groups excluding tert-OH is 1. The number of hydrogen-bond acceptors (Lipinski definition) is 3. The first-order valence-corrected chi connectivity index (χ1v) is 9.27. The van der Waals surface area contributed by atoms with Gasteiger partial charge in [-0.25, -0.2) is 8.42 Å². The molecule has 0 bridgehead atoms. The minimum atomic E-state index is -3.44. The highest BCUT2D eigenvalue weighted by atomic mass is 32.2. The lowest BCUT2D eigenvalue weighted by atomic mass is 9.98. The summed E-state index contributed by atoms with van der Waals surface area (Å²) in [6, 6.07) is 1.60. The minimum absolute atomic E-state index is 0.138. The molecule has 0 saturated carbocycles. The Morgan fingerprint density at radius 2 is 2.05 bits per heavy atom. The van der Waals surface area contributed by atoms with Crippen LogP contribution in [0.4, 0.5) is 0 Å². The molecule has 1 aliphatic heterocycles. The van der Waals surface area contributed by atoms with Crippen LogP contribution in [-0.4, -0.2) is 35.5 Å². The normalized spacial score (nSPS) is 21.4. The molecule has 1 aromatic rings. The van der Waals surface area contributed by atoms with E-state index in [4.69, 9.17) is 0 Å². The molecule has 1 atom stereocenters. The van der Waals surface area contributed by atoms with Crippen molar-refractivity contribution >= 4 is 10.0 Å². The summed E-state index contributed by atoms with van der Waals surface area (Å²) in [5, 5.41) is 9.32. The Morgan fingerprint density at radius 1 is 1.29 bits per heavy atom. The molecule has 21 heavy (non-hydrogen) atoms. The van der Waals surface area contributed by atoms with Crippen molar-refractivity contribution in [3.05, 3.63) is 18.0 Å². The zero-order valence-corrected chi connectivity index (χ0v) is 13.8. The lowest BCUT2D eigenvalue weighted by molar-refractivity contribution is 0.271. The molecule has 1 saturated heterocycles. The molecule has 0 amide bonds. The lowest BCUT2D eigenvalue weighted by Gasteiger charge is -2.19. The van der Waals surface area contributed by atoms with E-state index in [1.54, 1.807) is 21.1 Å². The molecule has 0 aliphatic carbocycles. The van der Waals surface area contributed by atoms with Gasteiger partial charge in [-0.2, -0.15) is 4.31 Å². The molecule has 1 N–H and O–H groups in total. The van der Waals surface area contributed by atoms with Crippen LogP contribution in [-0.2, 0) is 23.2 Å². The number of sulfonamides is 1. The number of hydrogen-bond donors (Lipinski definition) is 1. The summed E-state index contributed by atoms with van der Waals surface area (Å²) in [4.78, 5) is 0.309. The van der Waals surface area contributed by atoms with E-state index in [0.717, 1.165) is 25.7 Å². The van der Waals surface area contributed by atoms with Crippen molar-refractivity contribution in [2.24, 2.45) is 5.92 Å². The van der Waals surface area contributed by atoms with Crippen molar-refractivity contribution in [1.29, 1.82) is 0 Å². The Bertz CT molecular complexity index is 544. The van der Waals surface area contributed by atoms with Crippen LogP contribution in [0.3, 0.4) is 0 Å². The maximum Gasteiger partial charge on any atom is 0.244 e. The standard InChI is InChI=1S/C15H26N2O3S/c1-3-13-6-5-8-17(9-7-13)21(19,20)15-10-14(12-18)16(4-2)11-15/h10-11,13,18H,3-9,12H2,1-2H3. The molecule has 120 valence electrons. The second kappa shape index (κ2) is 6.94. The van der Waals surface area contributed by atoms with E-state index in [-0.39, 0.29) is 6.61 Å². The SMILES string of the molecule is CCC1CCCN(S(=O)(=O)c2cc(CO)n(CC)c2)CC1. The molecule has 2 heterocycles. The first-order chi connectivity index (χ1) is 10.0. The van der Waals surface area contributed by atoms with Gasteiger partial charge in [-0.1, -0.05) is 13.3 Å². The Labute approximate surface area is 127 Å². The zero-order chi connectivity index (χ0) is 15.5. The van der Waals surface area contributed by atoms with E-state index in [9.17, 15) is 13.5 Å². The highest BCUT2D eigenvalue weighted by molar-refractivity contribution is 7.89. The number of aryl methyl sites for hydroxylation is 1. The highest BCUT2D eigenvalue weighted by Crippen LogP contribution is 2.25. The average Bonchev–Trinajstić information content (AvgIpc) is 2.76. The van der Waals surface area contributed by atoms with Gasteiger partial charge in [0.05, 0.1) is 6.61 Å². The van der Waals surface area contributed by atoms with Crippen LogP contribution in [0.1, 0.15) is 45.2 Å². The molecule has 0 aromatic carbocycles. The molecule has 5 nitrogen and oxygen atoms in total. The summed E-state index contributed by atoms with van der Waals surface area (Å²) in [6.07, 6.45) is 5.74. The topological polar surface area (TPSA) is 62.5 Å². The van der Waals surface area contributed by atoms with Crippen molar-refractivity contribution in [3.8, 4) is 0 Å². The zero-order valence-electron chi connectivity index (χ0n) is 13.0. The van der Waals surface area contributed by atoms with Crippen molar-refractivity contribution in [2.75, 3.05) is 13.1 Å². The van der Waals surface area contributed by atoms with Gasteiger partial charge in [-0.05, 0) is 38.2 Å². The van der Waals surface area contributed by atoms with Crippen molar-refractivity contribution < 1.29 is 13.5 Å². The lowest BCUT2D eigenvalue weighted by Crippen LogP contribution is -2.31. The van der Waals surface area contributed by atoms with Gasteiger partial charge >= 0.3 is 0 Å². The molecule has 0 radical (unpaired) electrons. The van der Waals surface area contributed by atoms with Crippen LogP contribution in [0.15, 0.2) is 17.2 Å². The number of rotatable bonds is 5. The maximum absolute atomic E-state index is 12.8. The third-order valence-corrected chi connectivity index (χ3v) is 6.35. The second-order valence-corrected chi connectivity index (χ2v) is 7.66. The van der Waals surface area contributed by atoms with E-state index in [1.165, 1.54) is 0 Å². The quantitative estimate of drug-likeness (QED) is 0.906. The third kappa shape index (κ3) is 3.49. The van der Waals surface area contributed by atoms with Crippen LogP contribution >= 0.6 is 0 Å². The van der Waals surface area contributed by atoms with Crippen molar-refractivity contribution in [2.45, 2.75) is 57.6 Å². The van der Waals surface area contributed by atoms with Gasteiger partial charge in [0.1, 0.15) is 4.90 Å². The van der Waals surface area contributed by atoms with E-state index < -0.39 is 10.0 Å². The largest absolute Gasteiger partial charge is 0.390 e. The van der Waals surface area contributed by atoms with E-state index >= 15 is 0 Å². The maximum atomic E-state index is 12.8. The fraction of sp³-hybridized carbons (Fsp3) is 0.733. The van der Waals surface area contributed by atoms with Gasteiger partial charge in [0.2, 0.25) is 10.0 Å². The van der Waals surface area contributed by atoms with Crippen LogP contribution in [0.25, 0.3) is 0 Å². The summed E-state index contributed by atoms with van der Waals surface area (Å²) in [5.41, 5.74) is 0.650. The minimum Gasteiger partial charge on any atom is -0.390 e. The summed E-state index contributed by atoms with van der Waals surface area (Å²) in [5.74, 6) is 0.637. The number of aliphatic hydroxyl groups is 1. The first kappa shape index (κ1) is 16.5. The summed E-state index contributed by atoms with van der Waals surface area (Å²) in [6.45, 7) is 5.83. The van der Waals surface area contributed by atoms with Crippen LogP contribution in [0, 0.1) is 5.92 Å². The Balaban J connectivity index is 2.23. The molecule has 6 heteroatoms. The average molecular weight is 314 g/mol. The van der Waals surface area contributed by atoms with E-state index in [2.05, 4.69) is 6.92 Å². The predicted octanol–water partition coefficient (Wildman–Crippen LogP) is 2.20. The van der Waals surface area contributed by atoms with E-state index in [1.807, 2.05) is 6.92 Å². The van der Waals surface area contributed by atoms with Crippen LogP contribution < -0.4 is 0 Å². The summed E-state index contributed by atoms with van der Waals surface area (Å²) in [7, 11) is -3.44. The van der Waals surface area contributed by atoms with Gasteiger partial charge in [-0.15, -0.1) is 0 Å². The van der Waals surface area contributed by atoms with Crippen molar-refractivity contribution in [3.63, 3.8) is 0 Å². The van der Waals surface area contributed by atoms with Crippen LogP contribution in [0.2, 0.25) is 0 Å². The van der Waals surface area contributed by atoms with Gasteiger partial charge < -0.3 is 9.67 Å². The second-order valence-electron chi connectivity index (χ2n) is 5.72. The molecular weight excluding hydrogens is 288 g/mol. The molecule has 1 unspecified atom stereocenters. The Kier molecular flexibility index (Phi) is 5.46. The van der Waals surface area contributed by atoms with Crippen molar-refractivity contribution in [1.82, 2.24) is 8.87 Å². The monoisotopic (exact) mass is 314 g/mol.